The molecule has 146 valence electrons. The zero-order valence-corrected chi connectivity index (χ0v) is 15.9. The second-order valence-corrected chi connectivity index (χ2v) is 5.43. The van der Waals surface area contributed by atoms with E-state index in [0.29, 0.717) is 65.7 Å². The van der Waals surface area contributed by atoms with Gasteiger partial charge in [-0.05, 0) is 12.7 Å². The van der Waals surface area contributed by atoms with Gasteiger partial charge >= 0.3 is 0 Å². The first-order valence-corrected chi connectivity index (χ1v) is 9.20. The molecule has 0 unspecified atom stereocenters. The minimum atomic E-state index is 0.0614. The fourth-order valence-corrected chi connectivity index (χ4v) is 1.77. The Hall–Kier alpha value is -1.09. The summed E-state index contributed by atoms with van der Waals surface area (Å²) in [4.78, 5) is 11.1. The van der Waals surface area contributed by atoms with Gasteiger partial charge in [-0.1, -0.05) is 13.5 Å². The SMILES string of the molecule is BCC(=O)NCCC(=C)NCCOCCOCCOCCOCCC. The van der Waals surface area contributed by atoms with Crippen LogP contribution in [-0.2, 0) is 23.7 Å². The van der Waals surface area contributed by atoms with E-state index in [1.165, 1.54) is 0 Å². The summed E-state index contributed by atoms with van der Waals surface area (Å²) < 4.78 is 21.5. The summed E-state index contributed by atoms with van der Waals surface area (Å²) in [5.41, 5.74) is 0.899. The minimum absolute atomic E-state index is 0.0614. The molecule has 0 aliphatic rings. The van der Waals surface area contributed by atoms with E-state index in [-0.39, 0.29) is 5.91 Å². The first-order valence-electron chi connectivity index (χ1n) is 9.20. The van der Waals surface area contributed by atoms with Gasteiger partial charge in [-0.25, -0.2) is 0 Å². The topological polar surface area (TPSA) is 78.1 Å². The number of nitrogens with one attached hydrogen (secondary N) is 2. The summed E-state index contributed by atoms with van der Waals surface area (Å²) in [7, 11) is 1.83. The number of amides is 1. The molecular formula is C17H35BN2O5. The molecule has 0 saturated carbocycles. The molecule has 0 bridgehead atoms. The molecule has 0 aromatic rings. The first kappa shape index (κ1) is 23.9. The molecule has 2 N–H and O–H groups in total. The Bertz CT molecular complexity index is 332. The van der Waals surface area contributed by atoms with Crippen molar-refractivity contribution in [2.24, 2.45) is 0 Å². The van der Waals surface area contributed by atoms with Gasteiger partial charge in [0.1, 0.15) is 7.85 Å². The predicted octanol–water partition coefficient (Wildman–Crippen LogP) is 0.124. The van der Waals surface area contributed by atoms with Gasteiger partial charge in [0, 0.05) is 31.8 Å². The summed E-state index contributed by atoms with van der Waals surface area (Å²) in [6.07, 6.45) is 2.26. The van der Waals surface area contributed by atoms with E-state index in [1.54, 1.807) is 0 Å². The number of hydrogen-bond acceptors (Lipinski definition) is 6. The van der Waals surface area contributed by atoms with Gasteiger partial charge < -0.3 is 29.6 Å². The normalized spacial score (nSPS) is 10.6. The van der Waals surface area contributed by atoms with Gasteiger partial charge in [0.2, 0.25) is 5.91 Å². The lowest BCUT2D eigenvalue weighted by atomic mass is 10.1. The van der Waals surface area contributed by atoms with E-state index in [9.17, 15) is 4.79 Å². The van der Waals surface area contributed by atoms with Crippen molar-refractivity contribution in [3.05, 3.63) is 12.3 Å². The van der Waals surface area contributed by atoms with Crippen molar-refractivity contribution < 1.29 is 23.7 Å². The zero-order valence-electron chi connectivity index (χ0n) is 15.9. The molecule has 8 heteroatoms. The maximum Gasteiger partial charge on any atom is 0.212 e. The largest absolute Gasteiger partial charge is 0.386 e. The molecule has 0 atom stereocenters. The second-order valence-electron chi connectivity index (χ2n) is 5.43. The fraction of sp³-hybridized carbons (Fsp3) is 0.824. The Morgan fingerprint density at radius 2 is 1.36 bits per heavy atom. The van der Waals surface area contributed by atoms with Crippen molar-refractivity contribution in [2.45, 2.75) is 26.1 Å². The Labute approximate surface area is 153 Å². The van der Waals surface area contributed by atoms with Crippen LogP contribution >= 0.6 is 0 Å². The molecule has 0 aromatic carbocycles. The number of carbonyl (C=O) groups excluding carboxylic acids is 1. The Kier molecular flexibility index (Phi) is 18.4. The molecule has 0 fully saturated rings. The third-order valence-corrected chi connectivity index (χ3v) is 3.16. The Morgan fingerprint density at radius 1 is 0.840 bits per heavy atom. The molecule has 0 aromatic heterocycles. The highest BCUT2D eigenvalue weighted by Gasteiger charge is 1.98. The molecular weight excluding hydrogens is 323 g/mol. The van der Waals surface area contributed by atoms with Crippen LogP contribution in [0.4, 0.5) is 0 Å². The van der Waals surface area contributed by atoms with Crippen LogP contribution in [0.15, 0.2) is 12.3 Å². The lowest BCUT2D eigenvalue weighted by molar-refractivity contribution is -0.118. The highest BCUT2D eigenvalue weighted by atomic mass is 16.6. The van der Waals surface area contributed by atoms with Crippen LogP contribution < -0.4 is 10.6 Å². The van der Waals surface area contributed by atoms with Crippen LogP contribution in [-0.4, -0.2) is 79.7 Å². The molecule has 0 aliphatic heterocycles. The number of ether oxygens (including phenoxy) is 4. The fourth-order valence-electron chi connectivity index (χ4n) is 1.77. The summed E-state index contributed by atoms with van der Waals surface area (Å²) in [6.45, 7) is 12.2. The number of hydrogen-bond donors (Lipinski definition) is 2. The average Bonchev–Trinajstić information content (AvgIpc) is 2.61. The van der Waals surface area contributed by atoms with E-state index < -0.39 is 0 Å². The van der Waals surface area contributed by atoms with E-state index in [0.717, 1.165) is 25.1 Å². The van der Waals surface area contributed by atoms with Crippen LogP contribution in [0, 0.1) is 0 Å². The van der Waals surface area contributed by atoms with Crippen molar-refractivity contribution in [1.82, 2.24) is 10.6 Å². The molecule has 0 spiro atoms. The van der Waals surface area contributed by atoms with Gasteiger partial charge in [0.25, 0.3) is 0 Å². The zero-order chi connectivity index (χ0) is 18.6. The molecule has 0 aliphatic carbocycles. The standard InChI is InChI=1S/C17H35BN2O5/c1-3-7-22-9-11-24-13-14-25-12-10-23-8-6-19-16(2)4-5-20-17(21)15-18/h19H,2-15,18H2,1H3,(H,20,21). The maximum atomic E-state index is 11.1. The lowest BCUT2D eigenvalue weighted by Crippen LogP contribution is -2.26. The Balaban J connectivity index is 3.15. The summed E-state index contributed by atoms with van der Waals surface area (Å²) >= 11 is 0. The van der Waals surface area contributed by atoms with Gasteiger partial charge in [-0.15, -0.1) is 0 Å². The van der Waals surface area contributed by atoms with Gasteiger partial charge in [0.05, 0.1) is 46.2 Å². The van der Waals surface area contributed by atoms with Gasteiger partial charge in [-0.3, -0.25) is 4.79 Å². The molecule has 0 saturated heterocycles. The number of carbonyl (C=O) groups is 1. The maximum absolute atomic E-state index is 11.1. The van der Waals surface area contributed by atoms with Gasteiger partial charge in [-0.2, -0.15) is 0 Å². The third kappa shape index (κ3) is 19.1. The van der Waals surface area contributed by atoms with E-state index in [1.807, 2.05) is 7.85 Å². The summed E-state index contributed by atoms with van der Waals surface area (Å²) in [6, 6.07) is 0. The van der Waals surface area contributed by atoms with E-state index in [2.05, 4.69) is 24.1 Å². The second kappa shape index (κ2) is 19.2. The predicted molar refractivity (Wildman–Crippen MR) is 102 cm³/mol. The van der Waals surface area contributed by atoms with E-state index >= 15 is 0 Å². The Morgan fingerprint density at radius 3 is 1.88 bits per heavy atom. The van der Waals surface area contributed by atoms with Crippen LogP contribution in [0.2, 0.25) is 6.32 Å². The molecule has 0 radical (unpaired) electrons. The highest BCUT2D eigenvalue weighted by molar-refractivity contribution is 6.19. The highest BCUT2D eigenvalue weighted by Crippen LogP contribution is 1.91. The monoisotopic (exact) mass is 358 g/mol. The summed E-state index contributed by atoms with van der Waals surface area (Å²) in [5, 5.41) is 5.98. The molecule has 1 amide bonds. The van der Waals surface area contributed by atoms with Crippen LogP contribution in [0.5, 0.6) is 0 Å². The van der Waals surface area contributed by atoms with Crippen LogP contribution in [0.3, 0.4) is 0 Å². The van der Waals surface area contributed by atoms with Crippen molar-refractivity contribution in [1.29, 1.82) is 0 Å². The number of rotatable bonds is 19. The van der Waals surface area contributed by atoms with E-state index in [4.69, 9.17) is 18.9 Å². The molecule has 7 nitrogen and oxygen atoms in total. The van der Waals surface area contributed by atoms with Gasteiger partial charge in [0.15, 0.2) is 0 Å². The van der Waals surface area contributed by atoms with Crippen LogP contribution in [0.1, 0.15) is 19.8 Å². The van der Waals surface area contributed by atoms with Crippen molar-refractivity contribution in [3.8, 4) is 0 Å². The molecule has 0 rings (SSSR count). The van der Waals surface area contributed by atoms with Crippen molar-refractivity contribution >= 4 is 13.8 Å². The van der Waals surface area contributed by atoms with Crippen LogP contribution in [0.25, 0.3) is 0 Å². The molecule has 0 heterocycles. The molecule has 25 heavy (non-hydrogen) atoms. The first-order chi connectivity index (χ1) is 12.2. The lowest BCUT2D eigenvalue weighted by Gasteiger charge is -2.11. The third-order valence-electron chi connectivity index (χ3n) is 3.16. The quantitative estimate of drug-likeness (QED) is 0.252. The van der Waals surface area contributed by atoms with Crippen molar-refractivity contribution in [3.63, 3.8) is 0 Å². The van der Waals surface area contributed by atoms with Crippen molar-refractivity contribution in [2.75, 3.05) is 65.9 Å². The minimum Gasteiger partial charge on any atom is -0.386 e. The average molecular weight is 358 g/mol. The summed E-state index contributed by atoms with van der Waals surface area (Å²) in [5.74, 6) is 0.0614. The smallest absolute Gasteiger partial charge is 0.212 e.